The Morgan fingerprint density at radius 2 is 1.08 bits per heavy atom. The van der Waals surface area contributed by atoms with Gasteiger partial charge in [0.05, 0.1) is 174 Å². The number of amides is 7. The summed E-state index contributed by atoms with van der Waals surface area (Å²) < 4.78 is 74.0. The molecule has 0 bridgehead atoms. The highest BCUT2D eigenvalue weighted by molar-refractivity contribution is 6.07. The van der Waals surface area contributed by atoms with E-state index in [0.29, 0.717) is 159 Å². The lowest BCUT2D eigenvalue weighted by Crippen LogP contribution is -2.53. The lowest BCUT2D eigenvalue weighted by molar-refractivity contribution is -0.132. The van der Waals surface area contributed by atoms with E-state index in [4.69, 9.17) is 61.6 Å². The summed E-state index contributed by atoms with van der Waals surface area (Å²) in [4.78, 5) is 103. The Labute approximate surface area is 649 Å². The Morgan fingerprint density at radius 1 is 0.559 bits per heavy atom. The first-order valence-electron chi connectivity index (χ1n) is 37.7. The maximum absolute atomic E-state index is 14.3. The van der Waals surface area contributed by atoms with Crippen molar-refractivity contribution in [1.82, 2.24) is 25.8 Å². The third kappa shape index (κ3) is 28.5. The molecule has 0 radical (unpaired) electrons. The molecule has 8 rings (SSSR count). The molecule has 29 nitrogen and oxygen atoms in total. The van der Waals surface area contributed by atoms with Crippen LogP contribution in [-0.2, 0) is 68.4 Å². The summed E-state index contributed by atoms with van der Waals surface area (Å²) in [6.45, 7) is 15.5. The van der Waals surface area contributed by atoms with Gasteiger partial charge in [-0.3, -0.25) is 33.8 Å². The highest BCUT2D eigenvalue weighted by atomic mass is 16.6. The first-order chi connectivity index (χ1) is 53.9. The SMILES string of the molecule is COc1cc2c(cc1OCCCCCOc1cc3c(cc1OC)C(=O)N1C=C(C)C[C@H]1[C@H](O)N3C(=O)OCc1ccc(NC(=O)[C@H](C)NC(=O)[C@@H](NC(=O)CCOCCOCCOCCOCCOCCOCCOCCOCCNC(=O)CC3=C\C=C/C=C\C=C/C=C\C=C3)C(C)C)cc1)N=C[C@@H]1CC(C)=CN1C2=O. The summed E-state index contributed by atoms with van der Waals surface area (Å²) in [5.41, 5.74) is 4.83. The van der Waals surface area contributed by atoms with E-state index in [1.54, 1.807) is 67.6 Å². The van der Waals surface area contributed by atoms with Crippen molar-refractivity contribution in [3.8, 4) is 23.0 Å². The largest absolute Gasteiger partial charge is 0.493 e. The molecule has 0 unspecified atom stereocenters. The Bertz CT molecular complexity index is 3850. The van der Waals surface area contributed by atoms with Crippen molar-refractivity contribution < 1.29 is 100 Å². The molecule has 0 saturated carbocycles. The van der Waals surface area contributed by atoms with Gasteiger partial charge in [0.15, 0.2) is 29.2 Å². The second-order valence-electron chi connectivity index (χ2n) is 26.9. The molecule has 4 heterocycles. The zero-order chi connectivity index (χ0) is 79.1. The van der Waals surface area contributed by atoms with Gasteiger partial charge in [-0.05, 0) is 94.2 Å². The van der Waals surface area contributed by atoms with Gasteiger partial charge in [0.1, 0.15) is 18.7 Å². The molecule has 111 heavy (non-hydrogen) atoms. The number of carbonyl (C=O) groups excluding carboxylic acids is 7. The fourth-order valence-corrected chi connectivity index (χ4v) is 12.0. The number of aliphatic hydroxyl groups excluding tert-OH is 1. The van der Waals surface area contributed by atoms with Gasteiger partial charge < -0.3 is 97.8 Å². The Morgan fingerprint density at radius 3 is 1.67 bits per heavy atom. The zero-order valence-electron chi connectivity index (χ0n) is 64.7. The minimum Gasteiger partial charge on any atom is -0.493 e. The number of nitrogens with one attached hydrogen (secondary N) is 4. The van der Waals surface area contributed by atoms with Gasteiger partial charge in [-0.25, -0.2) is 9.69 Å². The predicted octanol–water partition coefficient (Wildman–Crippen LogP) is 9.09. The number of aliphatic imine (C=N–C) groups is 1. The molecule has 0 spiro atoms. The molecule has 5 atom stereocenters. The Hall–Kier alpha value is -9.82. The van der Waals surface area contributed by atoms with E-state index in [9.17, 15) is 38.7 Å². The van der Waals surface area contributed by atoms with Gasteiger partial charge in [-0.15, -0.1) is 0 Å². The number of fused-ring (bicyclic) bond motifs is 4. The highest BCUT2D eigenvalue weighted by Gasteiger charge is 2.45. The number of unbranched alkanes of at least 4 members (excludes halogenated alkanes) is 2. The maximum Gasteiger partial charge on any atom is 0.416 e. The van der Waals surface area contributed by atoms with Crippen molar-refractivity contribution in [2.24, 2.45) is 10.9 Å². The number of ether oxygens (including phenoxy) is 13. The minimum absolute atomic E-state index is 0.00809. The van der Waals surface area contributed by atoms with Crippen LogP contribution in [0.15, 0.2) is 149 Å². The number of hydrogen-bond acceptors (Lipinski definition) is 22. The summed E-state index contributed by atoms with van der Waals surface area (Å²) in [6.07, 6.45) is 27.2. The van der Waals surface area contributed by atoms with Gasteiger partial charge in [0.2, 0.25) is 23.6 Å². The van der Waals surface area contributed by atoms with Gasteiger partial charge in [0.25, 0.3) is 11.8 Å². The number of anilines is 2. The fourth-order valence-electron chi connectivity index (χ4n) is 12.0. The Balaban J connectivity index is 0.639. The van der Waals surface area contributed by atoms with E-state index in [-0.39, 0.29) is 92.4 Å². The lowest BCUT2D eigenvalue weighted by atomic mass is 10.0. The molecule has 7 amide bonds. The predicted molar refractivity (Wildman–Crippen MR) is 416 cm³/mol. The monoisotopic (exact) mass is 1540 g/mol. The summed E-state index contributed by atoms with van der Waals surface area (Å²) in [7, 11) is 2.97. The van der Waals surface area contributed by atoms with Crippen LogP contribution < -0.4 is 45.1 Å². The molecule has 5 N–H and O–H groups in total. The van der Waals surface area contributed by atoms with Gasteiger partial charge >= 0.3 is 6.09 Å². The van der Waals surface area contributed by atoms with Crippen LogP contribution in [0, 0.1) is 5.92 Å². The van der Waals surface area contributed by atoms with E-state index in [2.05, 4.69) is 26.3 Å². The molecule has 3 aromatic carbocycles. The summed E-state index contributed by atoms with van der Waals surface area (Å²) in [5, 5.41) is 23.1. The number of benzene rings is 3. The number of nitrogens with zero attached hydrogens (tertiary/aromatic N) is 4. The average Bonchev–Trinajstić information content (AvgIpc) is 1.60. The number of aliphatic hydroxyl groups is 1. The number of allylic oxidation sites excluding steroid dienone is 11. The molecule has 29 heteroatoms. The second kappa shape index (κ2) is 47.4. The van der Waals surface area contributed by atoms with Gasteiger partial charge in [-0.1, -0.05) is 104 Å². The summed E-state index contributed by atoms with van der Waals surface area (Å²) in [6, 6.07) is 9.97. The molecular formula is C82H108N8O21. The van der Waals surface area contributed by atoms with Gasteiger partial charge in [0, 0.05) is 49.4 Å². The molecule has 0 aromatic heterocycles. The highest BCUT2D eigenvalue weighted by Crippen LogP contribution is 2.43. The van der Waals surface area contributed by atoms with Crippen molar-refractivity contribution in [3.63, 3.8) is 0 Å². The first-order valence-corrected chi connectivity index (χ1v) is 37.7. The molecule has 4 aliphatic heterocycles. The van der Waals surface area contributed by atoms with E-state index in [0.717, 1.165) is 28.0 Å². The van der Waals surface area contributed by atoms with Crippen LogP contribution in [0.2, 0.25) is 0 Å². The quantitative estimate of drug-likeness (QED) is 0.0329. The van der Waals surface area contributed by atoms with Crippen molar-refractivity contribution in [3.05, 3.63) is 161 Å². The van der Waals surface area contributed by atoms with Crippen molar-refractivity contribution in [1.29, 1.82) is 0 Å². The number of hydrogen-bond donors (Lipinski definition) is 5. The van der Waals surface area contributed by atoms with E-state index >= 15 is 0 Å². The molecule has 602 valence electrons. The fraction of sp³-hybridized carbons (Fsp3) is 0.488. The average molecular weight is 1540 g/mol. The van der Waals surface area contributed by atoms with Crippen molar-refractivity contribution in [2.75, 3.05) is 150 Å². The molecule has 0 saturated heterocycles. The van der Waals surface area contributed by atoms with Gasteiger partial charge in [-0.2, -0.15) is 0 Å². The second-order valence-corrected chi connectivity index (χ2v) is 26.9. The standard InChI is InChI=1S/C82H108N8O21/c1-57(2)76(87-74(91)26-30-101-32-34-103-36-38-105-40-42-107-44-45-108-43-41-106-39-37-104-35-33-102-31-27-83-75(92)48-61-20-16-13-11-9-8-10-12-14-17-21-61)78(94)85-60(5)77(93)86-63-24-22-62(23-25-63)56-111-82(98)90-68-52-73(71(100-7)50-66(68)80(96)89-55-59(4)47-69(89)81(90)97)110-29-19-15-18-28-109-72-51-67-65(49-70(72)99-6)79(95)88-54-58(3)46-64(88)53-84-67/h8-14,16-17,20-25,49-55,57,60,64,69,76,81,97H,15,18-19,26-48,56H2,1-7H3,(H,83,92)(H,85,94)(H,86,93)(H,87,91)/b9-8-,10-8?,11-9?,12-10-,13-11-,14-12?,16-13?,17-14-,20-16?,21-17?,61-20?,61-21?/t60-,64-,69-,76-,81-/m0/s1. The van der Waals surface area contributed by atoms with E-state index in [1.807, 2.05) is 86.9 Å². The molecule has 3 aromatic rings. The summed E-state index contributed by atoms with van der Waals surface area (Å²) in [5.74, 6) is -1.10. The van der Waals surface area contributed by atoms with Crippen molar-refractivity contribution in [2.45, 2.75) is 117 Å². The lowest BCUT2D eigenvalue weighted by Gasteiger charge is -2.31. The van der Waals surface area contributed by atoms with Crippen LogP contribution in [0.5, 0.6) is 23.0 Å². The summed E-state index contributed by atoms with van der Waals surface area (Å²) >= 11 is 0. The van der Waals surface area contributed by atoms with Crippen LogP contribution in [0.1, 0.15) is 106 Å². The Kier molecular flexibility index (Phi) is 37.1. The van der Waals surface area contributed by atoms with E-state index in [1.165, 1.54) is 38.2 Å². The zero-order valence-corrected chi connectivity index (χ0v) is 64.7. The third-order valence-electron chi connectivity index (χ3n) is 17.9. The maximum atomic E-state index is 14.3. The van der Waals surface area contributed by atoms with Crippen LogP contribution in [0.25, 0.3) is 0 Å². The topological polar surface area (TPSA) is 330 Å². The number of carbonyl (C=O) groups is 7. The third-order valence-corrected chi connectivity index (χ3v) is 17.9. The number of rotatable bonds is 47. The van der Waals surface area contributed by atoms with Crippen molar-refractivity contribution >= 4 is 64.8 Å². The normalized spacial score (nSPS) is 18.0. The van der Waals surface area contributed by atoms with Crippen LogP contribution in [-0.4, -0.2) is 233 Å². The first kappa shape index (κ1) is 86.8. The smallest absolute Gasteiger partial charge is 0.416 e. The molecule has 5 aliphatic rings. The van der Waals surface area contributed by atoms with Crippen LogP contribution >= 0.6 is 0 Å². The molecule has 1 aliphatic carbocycles. The minimum atomic E-state index is -1.52. The van der Waals surface area contributed by atoms with Crippen LogP contribution in [0.3, 0.4) is 0 Å². The number of methoxy groups -OCH3 is 2. The molecular weight excluding hydrogens is 1430 g/mol. The van der Waals surface area contributed by atoms with E-state index < -0.39 is 54.1 Å². The molecule has 0 fully saturated rings. The van der Waals surface area contributed by atoms with Crippen LogP contribution in [0.4, 0.5) is 21.9 Å².